The SMILES string of the molecule is CCN(CCC(N)=O)N=O. The first kappa shape index (κ1) is 8.87. The van der Waals surface area contributed by atoms with Gasteiger partial charge in [0.05, 0.1) is 5.29 Å². The van der Waals surface area contributed by atoms with E-state index in [4.69, 9.17) is 5.73 Å². The molecule has 0 radical (unpaired) electrons. The Kier molecular flexibility index (Phi) is 4.19. The van der Waals surface area contributed by atoms with Crippen molar-refractivity contribution >= 4 is 5.91 Å². The minimum atomic E-state index is -0.415. The molecule has 0 bridgehead atoms. The molecule has 0 unspecified atom stereocenters. The van der Waals surface area contributed by atoms with E-state index in [9.17, 15) is 9.70 Å². The van der Waals surface area contributed by atoms with Crippen LogP contribution in [-0.2, 0) is 4.79 Å². The van der Waals surface area contributed by atoms with E-state index in [-0.39, 0.29) is 6.42 Å². The summed E-state index contributed by atoms with van der Waals surface area (Å²) in [5.74, 6) is -0.415. The first-order valence-electron chi connectivity index (χ1n) is 3.07. The van der Waals surface area contributed by atoms with Gasteiger partial charge in [0.25, 0.3) is 0 Å². The van der Waals surface area contributed by atoms with Crippen LogP contribution in [-0.4, -0.2) is 24.0 Å². The molecule has 0 aromatic heterocycles. The zero-order chi connectivity index (χ0) is 7.98. The highest BCUT2D eigenvalue weighted by Gasteiger charge is 2.00. The van der Waals surface area contributed by atoms with Gasteiger partial charge in [-0.1, -0.05) is 0 Å². The van der Waals surface area contributed by atoms with Crippen molar-refractivity contribution in [2.75, 3.05) is 13.1 Å². The van der Waals surface area contributed by atoms with Crippen LogP contribution in [0.3, 0.4) is 0 Å². The average Bonchev–Trinajstić information content (AvgIpc) is 1.90. The van der Waals surface area contributed by atoms with Crippen LogP contribution in [0.4, 0.5) is 0 Å². The van der Waals surface area contributed by atoms with Gasteiger partial charge in [-0.15, -0.1) is 4.91 Å². The summed E-state index contributed by atoms with van der Waals surface area (Å²) in [6, 6.07) is 0. The summed E-state index contributed by atoms with van der Waals surface area (Å²) in [5, 5.41) is 3.89. The smallest absolute Gasteiger partial charge is 0.219 e. The molecule has 0 spiro atoms. The molecular weight excluding hydrogens is 134 g/mol. The molecule has 0 aliphatic carbocycles. The van der Waals surface area contributed by atoms with E-state index in [0.29, 0.717) is 13.1 Å². The van der Waals surface area contributed by atoms with Gasteiger partial charge in [-0.25, -0.2) is 0 Å². The third-order valence-electron chi connectivity index (χ3n) is 1.10. The highest BCUT2D eigenvalue weighted by molar-refractivity contribution is 5.73. The van der Waals surface area contributed by atoms with Crippen LogP contribution in [0.5, 0.6) is 0 Å². The van der Waals surface area contributed by atoms with Crippen molar-refractivity contribution < 1.29 is 4.79 Å². The number of nitrogens with zero attached hydrogens (tertiary/aromatic N) is 2. The van der Waals surface area contributed by atoms with E-state index in [1.807, 2.05) is 0 Å². The van der Waals surface area contributed by atoms with Crippen LogP contribution >= 0.6 is 0 Å². The topological polar surface area (TPSA) is 75.8 Å². The highest BCUT2D eigenvalue weighted by atomic mass is 16.3. The predicted octanol–water partition coefficient (Wildman–Crippen LogP) is -0.135. The van der Waals surface area contributed by atoms with Crippen LogP contribution < -0.4 is 5.73 Å². The molecule has 5 nitrogen and oxygen atoms in total. The number of nitrogens with two attached hydrogens (primary N) is 1. The first-order chi connectivity index (χ1) is 4.70. The molecule has 0 fully saturated rings. The van der Waals surface area contributed by atoms with Crippen molar-refractivity contribution in [1.82, 2.24) is 5.01 Å². The van der Waals surface area contributed by atoms with Crippen molar-refractivity contribution in [2.24, 2.45) is 11.0 Å². The third kappa shape index (κ3) is 3.82. The van der Waals surface area contributed by atoms with Crippen LogP contribution in [0.1, 0.15) is 13.3 Å². The maximum Gasteiger partial charge on any atom is 0.219 e. The van der Waals surface area contributed by atoms with Crippen molar-refractivity contribution in [3.8, 4) is 0 Å². The number of hydrogen-bond donors (Lipinski definition) is 1. The van der Waals surface area contributed by atoms with Crippen LogP contribution in [0, 0.1) is 4.91 Å². The summed E-state index contributed by atoms with van der Waals surface area (Å²) in [6.45, 7) is 2.61. The molecule has 5 heteroatoms. The number of carbonyl (C=O) groups excluding carboxylic acids is 1. The second-order valence-electron chi connectivity index (χ2n) is 1.84. The molecule has 0 saturated heterocycles. The summed E-state index contributed by atoms with van der Waals surface area (Å²) < 4.78 is 0. The van der Waals surface area contributed by atoms with Crippen molar-refractivity contribution in [2.45, 2.75) is 13.3 Å². The van der Waals surface area contributed by atoms with Gasteiger partial charge < -0.3 is 5.73 Å². The van der Waals surface area contributed by atoms with Crippen molar-refractivity contribution in [3.05, 3.63) is 4.91 Å². The van der Waals surface area contributed by atoms with Gasteiger partial charge in [0.2, 0.25) is 5.91 Å². The Morgan fingerprint density at radius 3 is 2.60 bits per heavy atom. The summed E-state index contributed by atoms with van der Waals surface area (Å²) in [7, 11) is 0. The molecule has 0 heterocycles. The Bertz CT molecular complexity index is 126. The van der Waals surface area contributed by atoms with Crippen LogP contribution in [0.2, 0.25) is 0 Å². The molecule has 0 saturated carbocycles. The van der Waals surface area contributed by atoms with Gasteiger partial charge in [-0.3, -0.25) is 9.80 Å². The summed E-state index contributed by atoms with van der Waals surface area (Å²) in [6.07, 6.45) is 0.180. The Labute approximate surface area is 59.1 Å². The number of nitroso groups, excluding NO2 is 1. The molecule has 0 aliphatic heterocycles. The molecule has 0 rings (SSSR count). The maximum absolute atomic E-state index is 10.2. The predicted molar refractivity (Wildman–Crippen MR) is 36.9 cm³/mol. The van der Waals surface area contributed by atoms with Crippen molar-refractivity contribution in [1.29, 1.82) is 0 Å². The number of rotatable bonds is 5. The van der Waals surface area contributed by atoms with E-state index in [0.717, 1.165) is 0 Å². The maximum atomic E-state index is 10.2. The molecular formula is C5H11N3O2. The van der Waals surface area contributed by atoms with Crippen LogP contribution in [0.15, 0.2) is 5.29 Å². The number of carbonyl (C=O) groups is 1. The normalized spacial score (nSPS) is 8.90. The fraction of sp³-hybridized carbons (Fsp3) is 0.800. The van der Waals surface area contributed by atoms with Gasteiger partial charge in [-0.05, 0) is 6.92 Å². The van der Waals surface area contributed by atoms with E-state index in [1.165, 1.54) is 5.01 Å². The molecule has 0 aromatic rings. The Balaban J connectivity index is 3.44. The molecule has 0 aliphatic rings. The Morgan fingerprint density at radius 2 is 2.30 bits per heavy atom. The van der Waals surface area contributed by atoms with E-state index >= 15 is 0 Å². The van der Waals surface area contributed by atoms with Gasteiger partial charge in [0, 0.05) is 19.5 Å². The zero-order valence-corrected chi connectivity index (χ0v) is 5.91. The molecule has 58 valence electrons. The molecule has 2 N–H and O–H groups in total. The Hall–Kier alpha value is -1.13. The number of hydrogen-bond acceptors (Lipinski definition) is 3. The fourth-order valence-electron chi connectivity index (χ4n) is 0.496. The Morgan fingerprint density at radius 1 is 1.70 bits per heavy atom. The second kappa shape index (κ2) is 4.72. The van der Waals surface area contributed by atoms with E-state index in [1.54, 1.807) is 6.92 Å². The monoisotopic (exact) mass is 145 g/mol. The van der Waals surface area contributed by atoms with Gasteiger partial charge in [-0.2, -0.15) is 0 Å². The fourth-order valence-corrected chi connectivity index (χ4v) is 0.496. The highest BCUT2D eigenvalue weighted by Crippen LogP contribution is 1.89. The summed E-state index contributed by atoms with van der Waals surface area (Å²) >= 11 is 0. The lowest BCUT2D eigenvalue weighted by molar-refractivity contribution is -0.118. The minimum absolute atomic E-state index is 0.180. The second-order valence-corrected chi connectivity index (χ2v) is 1.84. The summed E-state index contributed by atoms with van der Waals surface area (Å²) in [4.78, 5) is 20.1. The van der Waals surface area contributed by atoms with E-state index in [2.05, 4.69) is 5.29 Å². The van der Waals surface area contributed by atoms with Crippen LogP contribution in [0.25, 0.3) is 0 Å². The standard InChI is InChI=1S/C5H11N3O2/c1-2-8(7-10)4-3-5(6)9/h2-4H2,1H3,(H2,6,9). The zero-order valence-electron chi connectivity index (χ0n) is 5.91. The van der Waals surface area contributed by atoms with Gasteiger partial charge in [0.15, 0.2) is 0 Å². The molecule has 10 heavy (non-hydrogen) atoms. The third-order valence-corrected chi connectivity index (χ3v) is 1.10. The lowest BCUT2D eigenvalue weighted by Gasteiger charge is -2.09. The molecule has 1 amide bonds. The quantitative estimate of drug-likeness (QED) is 0.432. The summed E-state index contributed by atoms with van der Waals surface area (Å²) in [5.41, 5.74) is 4.84. The molecule has 0 atom stereocenters. The van der Waals surface area contributed by atoms with Gasteiger partial charge in [0.1, 0.15) is 0 Å². The minimum Gasteiger partial charge on any atom is -0.370 e. The largest absolute Gasteiger partial charge is 0.370 e. The first-order valence-corrected chi connectivity index (χ1v) is 3.07. The molecule has 0 aromatic carbocycles. The number of primary amides is 1. The lowest BCUT2D eigenvalue weighted by Crippen LogP contribution is -2.23. The van der Waals surface area contributed by atoms with Gasteiger partial charge >= 0.3 is 0 Å². The number of amides is 1. The van der Waals surface area contributed by atoms with Crippen molar-refractivity contribution in [3.63, 3.8) is 0 Å². The average molecular weight is 145 g/mol. The lowest BCUT2D eigenvalue weighted by atomic mass is 10.4. The van der Waals surface area contributed by atoms with E-state index < -0.39 is 5.91 Å².